The van der Waals surface area contributed by atoms with Gasteiger partial charge >= 0.3 is 5.97 Å². The summed E-state index contributed by atoms with van der Waals surface area (Å²) in [4.78, 5) is 35.0. The van der Waals surface area contributed by atoms with E-state index in [2.05, 4.69) is 11.4 Å². The first-order valence-corrected chi connectivity index (χ1v) is 9.36. The summed E-state index contributed by atoms with van der Waals surface area (Å²) >= 11 is 0. The summed E-state index contributed by atoms with van der Waals surface area (Å²) in [5.74, 6) is -0.817. The maximum absolute atomic E-state index is 12.5. The molecule has 0 atom stereocenters. The van der Waals surface area contributed by atoms with Crippen LogP contribution in [-0.2, 0) is 16.1 Å². The van der Waals surface area contributed by atoms with Crippen LogP contribution in [0.3, 0.4) is 0 Å². The average Bonchev–Trinajstić information content (AvgIpc) is 3.35. The summed E-state index contributed by atoms with van der Waals surface area (Å²) in [6, 6.07) is 8.90. The number of anilines is 2. The highest BCUT2D eigenvalue weighted by Crippen LogP contribution is 2.27. The van der Waals surface area contributed by atoms with E-state index in [1.54, 1.807) is 30.5 Å². The summed E-state index contributed by atoms with van der Waals surface area (Å²) in [5.41, 5.74) is 6.83. The molecule has 0 bridgehead atoms. The zero-order valence-electron chi connectivity index (χ0n) is 17.2. The second-order valence-electron chi connectivity index (χ2n) is 6.86. The van der Waals surface area contributed by atoms with Crippen LogP contribution in [0.4, 0.5) is 17.2 Å². The summed E-state index contributed by atoms with van der Waals surface area (Å²) < 4.78 is 12.0. The molecule has 11 nitrogen and oxygen atoms in total. The van der Waals surface area contributed by atoms with Gasteiger partial charge < -0.3 is 24.8 Å². The number of nitrogen functional groups attached to an aromatic ring is 1. The summed E-state index contributed by atoms with van der Waals surface area (Å²) in [7, 11) is 0. The number of nitrogens with zero attached hydrogens (tertiary/aromatic N) is 3. The molecule has 0 saturated carbocycles. The molecule has 0 aliphatic rings. The molecule has 3 rings (SSSR count). The lowest BCUT2D eigenvalue weighted by molar-refractivity contribution is -0.384. The van der Waals surface area contributed by atoms with Crippen LogP contribution in [0.25, 0.3) is 0 Å². The van der Waals surface area contributed by atoms with Crippen molar-refractivity contribution in [3.05, 3.63) is 74.9 Å². The first-order chi connectivity index (χ1) is 15.2. The Balaban J connectivity index is 1.76. The fourth-order valence-electron chi connectivity index (χ4n) is 3.10. The van der Waals surface area contributed by atoms with Gasteiger partial charge in [-0.15, -0.1) is 0 Å². The van der Waals surface area contributed by atoms with E-state index >= 15 is 0 Å². The predicted molar refractivity (Wildman–Crippen MR) is 113 cm³/mol. The number of non-ortho nitro benzene ring substituents is 1. The first-order valence-electron chi connectivity index (χ1n) is 9.36. The number of carbonyl (C=O) groups is 2. The van der Waals surface area contributed by atoms with E-state index in [9.17, 15) is 25.0 Å². The topological polar surface area (TPSA) is 166 Å². The normalized spacial score (nSPS) is 10.4. The van der Waals surface area contributed by atoms with Gasteiger partial charge in [-0.3, -0.25) is 14.9 Å². The number of carbonyl (C=O) groups excluding carboxylic acids is 2. The van der Waals surface area contributed by atoms with Crippen LogP contribution in [0.15, 0.2) is 41.0 Å². The van der Waals surface area contributed by atoms with E-state index in [1.807, 2.05) is 0 Å². The third kappa shape index (κ3) is 4.44. The van der Waals surface area contributed by atoms with Gasteiger partial charge in [0.05, 0.1) is 28.9 Å². The van der Waals surface area contributed by atoms with Crippen LogP contribution in [-0.4, -0.2) is 28.0 Å². The first kappa shape index (κ1) is 22.1. The molecule has 0 unspecified atom stereocenters. The Bertz CT molecular complexity index is 1240. The number of esters is 1. The highest BCUT2D eigenvalue weighted by molar-refractivity contribution is 5.99. The molecule has 2 aromatic heterocycles. The van der Waals surface area contributed by atoms with E-state index in [-0.39, 0.29) is 34.9 Å². The number of ether oxygens (including phenoxy) is 1. The molecule has 1 amide bonds. The summed E-state index contributed by atoms with van der Waals surface area (Å²) in [6.07, 6.45) is 1.52. The summed E-state index contributed by atoms with van der Waals surface area (Å²) in [5, 5.41) is 23.1. The number of aromatic nitrogens is 1. The van der Waals surface area contributed by atoms with Gasteiger partial charge in [0.2, 0.25) is 0 Å². The number of nitriles is 1. The van der Waals surface area contributed by atoms with E-state index in [0.29, 0.717) is 11.3 Å². The van der Waals surface area contributed by atoms with E-state index < -0.39 is 23.4 Å². The van der Waals surface area contributed by atoms with Crippen LogP contribution in [0, 0.1) is 35.3 Å². The third-order valence-corrected chi connectivity index (χ3v) is 4.89. The van der Waals surface area contributed by atoms with Crippen LogP contribution in [0.2, 0.25) is 0 Å². The monoisotopic (exact) mass is 437 g/mol. The number of nitro groups is 1. The van der Waals surface area contributed by atoms with Crippen molar-refractivity contribution in [1.82, 2.24) is 4.57 Å². The summed E-state index contributed by atoms with van der Waals surface area (Å²) in [6.45, 7) is 3.16. The number of nitrogens with one attached hydrogen (secondary N) is 1. The van der Waals surface area contributed by atoms with Gasteiger partial charge in [-0.1, -0.05) is 0 Å². The van der Waals surface area contributed by atoms with Crippen LogP contribution in [0.1, 0.15) is 32.9 Å². The van der Waals surface area contributed by atoms with Crippen molar-refractivity contribution in [2.24, 2.45) is 0 Å². The molecule has 0 radical (unpaired) electrons. The number of amides is 1. The predicted octanol–water partition coefficient (Wildman–Crippen LogP) is 2.90. The largest absolute Gasteiger partial charge is 0.467 e. The Morgan fingerprint density at radius 1 is 1.34 bits per heavy atom. The number of benzene rings is 1. The van der Waals surface area contributed by atoms with Gasteiger partial charge in [0.15, 0.2) is 6.61 Å². The maximum atomic E-state index is 12.5. The Morgan fingerprint density at radius 3 is 2.72 bits per heavy atom. The van der Waals surface area contributed by atoms with Gasteiger partial charge in [0, 0.05) is 23.5 Å². The molecule has 3 aromatic rings. The lowest BCUT2D eigenvalue weighted by atomic mass is 10.1. The van der Waals surface area contributed by atoms with Crippen molar-refractivity contribution in [2.75, 3.05) is 17.7 Å². The quantitative estimate of drug-likeness (QED) is 0.246. The van der Waals surface area contributed by atoms with Crippen LogP contribution in [0.5, 0.6) is 0 Å². The molecule has 164 valence electrons. The highest BCUT2D eigenvalue weighted by atomic mass is 16.6. The molecule has 11 heteroatoms. The molecule has 2 heterocycles. The third-order valence-electron chi connectivity index (χ3n) is 4.89. The molecule has 0 fully saturated rings. The zero-order chi connectivity index (χ0) is 23.4. The fourth-order valence-corrected chi connectivity index (χ4v) is 3.10. The van der Waals surface area contributed by atoms with Crippen molar-refractivity contribution in [3.63, 3.8) is 0 Å². The molecule has 3 N–H and O–H groups in total. The molecule has 0 aliphatic heterocycles. The molecule has 0 saturated heterocycles. The van der Waals surface area contributed by atoms with Crippen molar-refractivity contribution in [1.29, 1.82) is 5.26 Å². The SMILES string of the molecule is Cc1c(C#N)c(NC(=O)COC(=O)c2cc([N+](=O)[O-])ccc2N)n(Cc2ccco2)c1C. The minimum atomic E-state index is -0.986. The second kappa shape index (κ2) is 9.05. The standard InChI is InChI=1S/C21H19N5O6/c1-12-13(2)25(10-15-4-3-7-31-15)20(17(12)9-22)24-19(27)11-32-21(28)16-8-14(26(29)30)5-6-18(16)23/h3-8H,10-11,23H2,1-2H3,(H,24,27). The number of hydrogen-bond donors (Lipinski definition) is 2. The van der Waals surface area contributed by atoms with Crippen LogP contribution >= 0.6 is 0 Å². The Labute approximate surface area is 182 Å². The molecule has 32 heavy (non-hydrogen) atoms. The smallest absolute Gasteiger partial charge is 0.341 e. The van der Waals surface area contributed by atoms with Gasteiger partial charge in [0.25, 0.3) is 11.6 Å². The van der Waals surface area contributed by atoms with Gasteiger partial charge in [-0.25, -0.2) is 4.79 Å². The van der Waals surface area contributed by atoms with E-state index in [1.165, 1.54) is 12.3 Å². The number of furan rings is 1. The number of rotatable bonds is 7. The Hall–Kier alpha value is -4.59. The molecule has 1 aromatic carbocycles. The molecule has 0 spiro atoms. The van der Waals surface area contributed by atoms with Crippen molar-refractivity contribution >= 4 is 29.1 Å². The lowest BCUT2D eigenvalue weighted by Gasteiger charge is -2.12. The average molecular weight is 437 g/mol. The molecule has 0 aliphatic carbocycles. The maximum Gasteiger partial charge on any atom is 0.341 e. The van der Waals surface area contributed by atoms with Gasteiger partial charge in [0.1, 0.15) is 17.6 Å². The zero-order valence-corrected chi connectivity index (χ0v) is 17.2. The minimum Gasteiger partial charge on any atom is -0.467 e. The Kier molecular flexibility index (Phi) is 6.25. The van der Waals surface area contributed by atoms with Crippen molar-refractivity contribution < 1.29 is 23.7 Å². The van der Waals surface area contributed by atoms with Gasteiger partial charge in [-0.2, -0.15) is 5.26 Å². The lowest BCUT2D eigenvalue weighted by Crippen LogP contribution is -2.23. The minimum absolute atomic E-state index is 0.0219. The Morgan fingerprint density at radius 2 is 2.09 bits per heavy atom. The molecular weight excluding hydrogens is 418 g/mol. The highest BCUT2D eigenvalue weighted by Gasteiger charge is 2.22. The van der Waals surface area contributed by atoms with Gasteiger partial charge in [-0.05, 0) is 37.6 Å². The van der Waals surface area contributed by atoms with Crippen LogP contribution < -0.4 is 11.1 Å². The fraction of sp³-hybridized carbons (Fsp3) is 0.190. The second-order valence-corrected chi connectivity index (χ2v) is 6.86. The van der Waals surface area contributed by atoms with E-state index in [4.69, 9.17) is 14.9 Å². The van der Waals surface area contributed by atoms with Crippen molar-refractivity contribution in [3.8, 4) is 6.07 Å². The number of nitro benzene ring substituents is 1. The van der Waals surface area contributed by atoms with Crippen molar-refractivity contribution in [2.45, 2.75) is 20.4 Å². The van der Waals surface area contributed by atoms with E-state index in [0.717, 1.165) is 17.8 Å². The number of hydrogen-bond acceptors (Lipinski definition) is 8. The number of nitrogens with two attached hydrogens (primary N) is 1. The molecular formula is C21H19N5O6.